The molecule has 0 saturated carbocycles. The van der Waals surface area contributed by atoms with E-state index in [9.17, 15) is 40.5 Å². The molecule has 1 aliphatic carbocycles. The fourth-order valence-corrected chi connectivity index (χ4v) is 3.63. The van der Waals surface area contributed by atoms with Crippen molar-refractivity contribution in [1.82, 2.24) is 0 Å². The molecule has 0 spiro atoms. The molecule has 5 atom stereocenters. The molecule has 34 heavy (non-hydrogen) atoms. The summed E-state index contributed by atoms with van der Waals surface area (Å²) in [4.78, 5) is 11.9. The molecule has 0 bridgehead atoms. The molecule has 182 valence electrons. The fraction of sp³-hybridized carbons (Fsp3) is 0.318. The second-order valence-electron chi connectivity index (χ2n) is 7.66. The second-order valence-corrected chi connectivity index (χ2v) is 7.66. The van der Waals surface area contributed by atoms with Crippen molar-refractivity contribution >= 4 is 0 Å². The van der Waals surface area contributed by atoms with Crippen LogP contribution in [0.15, 0.2) is 39.5 Å². The molecule has 1 aromatic carbocycles. The largest absolute Gasteiger partial charge is 0.507 e. The molecule has 0 amide bonds. The maximum absolute atomic E-state index is 11.9. The van der Waals surface area contributed by atoms with Gasteiger partial charge in [-0.25, -0.2) is 0 Å². The maximum atomic E-state index is 11.9. The number of hydrogen-bond acceptors (Lipinski definition) is 12. The highest BCUT2D eigenvalue weighted by Crippen LogP contribution is 2.45. The summed E-state index contributed by atoms with van der Waals surface area (Å²) in [5.41, 5.74) is -0.393. The summed E-state index contributed by atoms with van der Waals surface area (Å²) in [6.07, 6.45) is -7.93. The summed E-state index contributed by atoms with van der Waals surface area (Å²) in [6, 6.07) is 5.73. The van der Waals surface area contributed by atoms with E-state index in [1.807, 2.05) is 0 Å². The highest BCUT2D eigenvalue weighted by Gasteiger charge is 2.45. The van der Waals surface area contributed by atoms with Gasteiger partial charge >= 0.3 is 0 Å². The summed E-state index contributed by atoms with van der Waals surface area (Å²) >= 11 is 0. The van der Waals surface area contributed by atoms with Crippen LogP contribution in [0.1, 0.15) is 0 Å². The maximum Gasteiger partial charge on any atom is 0.229 e. The zero-order chi connectivity index (χ0) is 24.7. The van der Waals surface area contributed by atoms with Crippen LogP contribution in [0.3, 0.4) is 0 Å². The Morgan fingerprint density at radius 1 is 0.912 bits per heavy atom. The Morgan fingerprint density at radius 3 is 2.32 bits per heavy atom. The van der Waals surface area contributed by atoms with Crippen molar-refractivity contribution in [1.29, 1.82) is 0 Å². The molecule has 7 N–H and O–H groups in total. The molecule has 0 aromatic heterocycles. The van der Waals surface area contributed by atoms with Crippen LogP contribution in [0, 0.1) is 0 Å². The number of benzene rings is 2. The number of fused-ring (bicyclic) bond motifs is 1. The molecule has 0 unspecified atom stereocenters. The standard InChI is InChI=1S/C22H22O12/c1-31-14-3-8(2-12(26)17(14)27)21-15(6-10-11(25)4-9(24)5-13(10)32-21)33-22-20(30)19(29)18(28)16(7-23)34-22/h2-6,16,18-20,22-23,25-30H,7H2,1H3/t16-,18+,19+,20-,22-/m1/s1. The SMILES string of the molecule is COc1cc(-c2oc3cc(=O)cc(O)c-3cc2O[C@@H]2O[C@H](CO)[C@H](O)[C@H](O)[C@H]2O)cc(O)c1O. The predicted octanol–water partition coefficient (Wildman–Crippen LogP) is -0.284. The lowest BCUT2D eigenvalue weighted by Crippen LogP contribution is -2.60. The molecule has 1 fully saturated rings. The first-order chi connectivity index (χ1) is 16.1. The lowest BCUT2D eigenvalue weighted by atomic mass is 9.99. The summed E-state index contributed by atoms with van der Waals surface area (Å²) in [6.45, 7) is -0.685. The van der Waals surface area contributed by atoms with Gasteiger partial charge in [-0.2, -0.15) is 0 Å². The normalized spacial score (nSPS) is 24.8. The van der Waals surface area contributed by atoms with Gasteiger partial charge in [0.1, 0.15) is 35.9 Å². The predicted molar refractivity (Wildman–Crippen MR) is 113 cm³/mol. The molecule has 4 rings (SSSR count). The summed E-state index contributed by atoms with van der Waals surface area (Å²) in [5, 5.41) is 70.1. The van der Waals surface area contributed by atoms with Crippen molar-refractivity contribution in [3.63, 3.8) is 0 Å². The van der Waals surface area contributed by atoms with Gasteiger partial charge in [0.25, 0.3) is 0 Å². The van der Waals surface area contributed by atoms with Crippen molar-refractivity contribution in [2.24, 2.45) is 0 Å². The number of aromatic hydroxyl groups is 3. The monoisotopic (exact) mass is 478 g/mol. The van der Waals surface area contributed by atoms with Gasteiger partial charge in [0.15, 0.2) is 28.4 Å². The van der Waals surface area contributed by atoms with E-state index in [0.29, 0.717) is 0 Å². The van der Waals surface area contributed by atoms with E-state index in [4.69, 9.17) is 18.6 Å². The van der Waals surface area contributed by atoms with Gasteiger partial charge in [-0.15, -0.1) is 0 Å². The Labute approximate surface area is 191 Å². The van der Waals surface area contributed by atoms with Crippen LogP contribution >= 0.6 is 0 Å². The lowest BCUT2D eigenvalue weighted by molar-refractivity contribution is -0.277. The number of hydrogen-bond donors (Lipinski definition) is 7. The van der Waals surface area contributed by atoms with Gasteiger partial charge in [0.2, 0.25) is 12.0 Å². The minimum Gasteiger partial charge on any atom is -0.507 e. The minimum absolute atomic E-state index is 0.0484. The van der Waals surface area contributed by atoms with Crippen molar-refractivity contribution < 1.29 is 54.4 Å². The number of aliphatic hydroxyl groups excluding tert-OH is 4. The summed E-state index contributed by atoms with van der Waals surface area (Å²) in [5.74, 6) is -2.02. The molecular weight excluding hydrogens is 456 g/mol. The number of rotatable bonds is 5. The molecule has 1 aromatic rings. The number of methoxy groups -OCH3 is 1. The number of ether oxygens (including phenoxy) is 3. The van der Waals surface area contributed by atoms with Crippen molar-refractivity contribution in [3.05, 3.63) is 40.6 Å². The van der Waals surface area contributed by atoms with Crippen molar-refractivity contribution in [2.45, 2.75) is 30.7 Å². The third-order valence-corrected chi connectivity index (χ3v) is 5.43. The number of aliphatic hydroxyl groups is 4. The summed E-state index contributed by atoms with van der Waals surface area (Å²) < 4.78 is 21.9. The van der Waals surface area contributed by atoms with Crippen molar-refractivity contribution in [3.8, 4) is 51.4 Å². The van der Waals surface area contributed by atoms with Gasteiger partial charge in [-0.3, -0.25) is 4.79 Å². The van der Waals surface area contributed by atoms with E-state index in [0.717, 1.165) is 18.2 Å². The molecule has 2 aliphatic heterocycles. The van der Waals surface area contributed by atoms with Crippen LogP contribution in [0.2, 0.25) is 0 Å². The zero-order valence-corrected chi connectivity index (χ0v) is 17.7. The van der Waals surface area contributed by atoms with Crippen LogP contribution in [-0.2, 0) is 4.74 Å². The zero-order valence-electron chi connectivity index (χ0n) is 17.7. The molecule has 2 heterocycles. The lowest BCUT2D eigenvalue weighted by Gasteiger charge is -2.39. The number of phenols is 3. The van der Waals surface area contributed by atoms with E-state index in [2.05, 4.69) is 0 Å². The van der Waals surface area contributed by atoms with Gasteiger partial charge in [-0.05, 0) is 18.2 Å². The van der Waals surface area contributed by atoms with Crippen LogP contribution in [-0.4, -0.2) is 80.2 Å². The van der Waals surface area contributed by atoms with E-state index >= 15 is 0 Å². The molecule has 12 nitrogen and oxygen atoms in total. The molecular formula is C22H22O12. The topological polar surface area (TPSA) is 200 Å². The quantitative estimate of drug-likeness (QED) is 0.237. The Bertz CT molecular complexity index is 1220. The van der Waals surface area contributed by atoms with E-state index in [1.165, 1.54) is 19.2 Å². The Hall–Kier alpha value is -3.55. The third kappa shape index (κ3) is 4.08. The highest BCUT2D eigenvalue weighted by atomic mass is 16.7. The first-order valence-electron chi connectivity index (χ1n) is 10.0. The van der Waals surface area contributed by atoms with E-state index in [1.54, 1.807) is 0 Å². The fourth-order valence-electron chi connectivity index (χ4n) is 3.63. The smallest absolute Gasteiger partial charge is 0.229 e. The van der Waals surface area contributed by atoms with Gasteiger partial charge in [0.05, 0.1) is 19.3 Å². The molecule has 0 radical (unpaired) electrons. The van der Waals surface area contributed by atoms with Gasteiger partial charge in [-0.1, -0.05) is 0 Å². The third-order valence-electron chi connectivity index (χ3n) is 5.43. The van der Waals surface area contributed by atoms with Crippen LogP contribution < -0.4 is 14.9 Å². The summed E-state index contributed by atoms with van der Waals surface area (Å²) in [7, 11) is 1.25. The first-order valence-corrected chi connectivity index (χ1v) is 10.0. The van der Waals surface area contributed by atoms with E-state index < -0.39 is 60.0 Å². The van der Waals surface area contributed by atoms with Crippen LogP contribution in [0.5, 0.6) is 28.7 Å². The Morgan fingerprint density at radius 2 is 1.65 bits per heavy atom. The van der Waals surface area contributed by atoms with Crippen molar-refractivity contribution in [2.75, 3.05) is 13.7 Å². The Kier molecular flexibility index (Phi) is 6.25. The average Bonchev–Trinajstić information content (AvgIpc) is 2.81. The molecule has 3 aliphatic rings. The Balaban J connectivity index is 1.88. The number of phenolic OH excluding ortho intramolecular Hbond substituents is 3. The average molecular weight is 478 g/mol. The molecule has 1 saturated heterocycles. The molecule has 12 heteroatoms. The second kappa shape index (κ2) is 9.00. The van der Waals surface area contributed by atoms with Gasteiger partial charge < -0.3 is 54.4 Å². The van der Waals surface area contributed by atoms with Crippen LogP contribution in [0.4, 0.5) is 0 Å². The minimum atomic E-state index is -1.75. The van der Waals surface area contributed by atoms with Gasteiger partial charge in [0, 0.05) is 17.7 Å². The van der Waals surface area contributed by atoms with E-state index in [-0.39, 0.29) is 34.1 Å². The first kappa shape index (κ1) is 23.6. The highest BCUT2D eigenvalue weighted by molar-refractivity contribution is 5.77. The van der Waals surface area contributed by atoms with Crippen LogP contribution in [0.25, 0.3) is 22.6 Å².